The van der Waals surface area contributed by atoms with Crippen molar-refractivity contribution in [1.82, 2.24) is 0 Å². The Morgan fingerprint density at radius 1 is 1.08 bits per heavy atom. The Bertz CT molecular complexity index is 1330. The molecule has 3 aromatic rings. The highest BCUT2D eigenvalue weighted by atomic mass is 79.9. The van der Waals surface area contributed by atoms with Crippen molar-refractivity contribution in [3.63, 3.8) is 0 Å². The third-order valence-electron chi connectivity index (χ3n) is 5.08. The first-order chi connectivity index (χ1) is 17.4. The fraction of sp³-hybridized carbons (Fsp3) is 0.115. The Balaban J connectivity index is 1.50. The summed E-state index contributed by atoms with van der Waals surface area (Å²) in [6.45, 7) is -0.205. The van der Waals surface area contributed by atoms with Gasteiger partial charge in [0.1, 0.15) is 5.75 Å². The van der Waals surface area contributed by atoms with Crippen LogP contribution < -0.4 is 24.4 Å². The van der Waals surface area contributed by atoms with Crippen molar-refractivity contribution < 1.29 is 23.8 Å². The Labute approximate surface area is 226 Å². The van der Waals surface area contributed by atoms with E-state index in [1.807, 2.05) is 18.2 Å². The van der Waals surface area contributed by atoms with Gasteiger partial charge in [-0.2, -0.15) is 0 Å². The van der Waals surface area contributed by atoms with Crippen LogP contribution in [0.15, 0.2) is 76.1 Å². The average molecular weight is 586 g/mol. The summed E-state index contributed by atoms with van der Waals surface area (Å²) in [5.74, 6) is 0.957. The summed E-state index contributed by atoms with van der Waals surface area (Å²) in [5, 5.41) is 2.77. The number of anilines is 2. The smallest absolute Gasteiger partial charge is 0.270 e. The maximum Gasteiger partial charge on any atom is 0.270 e. The molecule has 0 unspecified atom stereocenters. The maximum absolute atomic E-state index is 13.1. The minimum Gasteiger partial charge on any atom is -0.497 e. The van der Waals surface area contributed by atoms with Gasteiger partial charge in [0, 0.05) is 5.69 Å². The summed E-state index contributed by atoms with van der Waals surface area (Å²) in [5.41, 5.74) is 2.05. The molecule has 1 saturated heterocycles. The Kier molecular flexibility index (Phi) is 8.29. The van der Waals surface area contributed by atoms with Crippen molar-refractivity contribution in [3.8, 4) is 17.2 Å². The molecule has 0 aliphatic carbocycles. The first-order valence-electron chi connectivity index (χ1n) is 10.7. The standard InChI is InChI=1S/C26H21BrN2O5S2/c1-32-19-10-8-18(9-11-19)29-25(31)22(36-26(29)35)14-16-12-20(27)24(21(13-16)33-2)34-15-23(30)28-17-6-4-3-5-7-17/h3-14H,15H2,1-2H3,(H,28,30)/b22-14-. The largest absolute Gasteiger partial charge is 0.497 e. The average Bonchev–Trinajstić information content (AvgIpc) is 3.16. The number of para-hydroxylation sites is 1. The van der Waals surface area contributed by atoms with Crippen LogP contribution in [0.3, 0.4) is 0 Å². The van der Waals surface area contributed by atoms with E-state index in [0.717, 1.165) is 0 Å². The first kappa shape index (κ1) is 25.7. The molecule has 184 valence electrons. The predicted molar refractivity (Wildman–Crippen MR) is 150 cm³/mol. The van der Waals surface area contributed by atoms with Crippen molar-refractivity contribution in [2.75, 3.05) is 31.0 Å². The van der Waals surface area contributed by atoms with Crippen LogP contribution in [0.2, 0.25) is 0 Å². The zero-order valence-corrected chi connectivity index (χ0v) is 22.5. The Morgan fingerprint density at radius 2 is 1.81 bits per heavy atom. The van der Waals surface area contributed by atoms with Gasteiger partial charge in [-0.05, 0) is 76.1 Å². The number of amides is 2. The van der Waals surface area contributed by atoms with Crippen LogP contribution in [0.1, 0.15) is 5.56 Å². The third kappa shape index (κ3) is 5.89. The maximum atomic E-state index is 13.1. The lowest BCUT2D eigenvalue weighted by molar-refractivity contribution is -0.118. The normalized spacial score (nSPS) is 14.2. The molecular formula is C26H21BrN2O5S2. The zero-order chi connectivity index (χ0) is 25.7. The molecule has 1 N–H and O–H groups in total. The van der Waals surface area contributed by atoms with Gasteiger partial charge < -0.3 is 19.5 Å². The summed E-state index contributed by atoms with van der Waals surface area (Å²) in [6, 6.07) is 19.8. The van der Waals surface area contributed by atoms with E-state index in [4.69, 9.17) is 26.4 Å². The van der Waals surface area contributed by atoms with Crippen LogP contribution in [0.25, 0.3) is 6.08 Å². The molecule has 1 heterocycles. The molecule has 3 aromatic carbocycles. The van der Waals surface area contributed by atoms with Gasteiger partial charge in [-0.25, -0.2) is 0 Å². The molecule has 36 heavy (non-hydrogen) atoms. The highest BCUT2D eigenvalue weighted by molar-refractivity contribution is 9.10. The van der Waals surface area contributed by atoms with Crippen LogP contribution >= 0.6 is 39.9 Å². The molecule has 7 nitrogen and oxygen atoms in total. The van der Waals surface area contributed by atoms with E-state index in [0.29, 0.717) is 47.9 Å². The van der Waals surface area contributed by atoms with E-state index in [1.54, 1.807) is 61.7 Å². The summed E-state index contributed by atoms with van der Waals surface area (Å²) >= 11 is 10.2. The van der Waals surface area contributed by atoms with Gasteiger partial charge in [0.2, 0.25) is 0 Å². The molecule has 10 heteroatoms. The van der Waals surface area contributed by atoms with Crippen LogP contribution in [-0.2, 0) is 9.59 Å². The van der Waals surface area contributed by atoms with E-state index in [1.165, 1.54) is 23.8 Å². The number of nitrogens with zero attached hydrogens (tertiary/aromatic N) is 1. The number of thioether (sulfide) groups is 1. The third-order valence-corrected chi connectivity index (χ3v) is 6.97. The SMILES string of the molecule is COc1ccc(N2C(=O)/C(=C/c3cc(Br)c(OCC(=O)Nc4ccccc4)c(OC)c3)SC2=S)cc1. The van der Waals surface area contributed by atoms with Crippen LogP contribution in [-0.4, -0.2) is 37.0 Å². The molecule has 0 radical (unpaired) electrons. The zero-order valence-electron chi connectivity index (χ0n) is 19.3. The summed E-state index contributed by atoms with van der Waals surface area (Å²) in [7, 11) is 3.09. The van der Waals surface area contributed by atoms with E-state index in [9.17, 15) is 9.59 Å². The van der Waals surface area contributed by atoms with Gasteiger partial charge >= 0.3 is 0 Å². The molecule has 0 bridgehead atoms. The first-order valence-corrected chi connectivity index (χ1v) is 12.7. The van der Waals surface area contributed by atoms with Crippen molar-refractivity contribution >= 4 is 73.5 Å². The Morgan fingerprint density at radius 3 is 2.47 bits per heavy atom. The van der Waals surface area contributed by atoms with Gasteiger partial charge in [0.15, 0.2) is 22.4 Å². The van der Waals surface area contributed by atoms with E-state index in [-0.39, 0.29) is 18.4 Å². The molecule has 1 aliphatic heterocycles. The van der Waals surface area contributed by atoms with E-state index < -0.39 is 0 Å². The molecule has 0 aromatic heterocycles. The molecule has 0 saturated carbocycles. The number of nitrogens with one attached hydrogen (secondary N) is 1. The second-order valence-corrected chi connectivity index (χ2v) is 9.98. The summed E-state index contributed by atoms with van der Waals surface area (Å²) in [6.07, 6.45) is 1.74. The van der Waals surface area contributed by atoms with Crippen molar-refractivity contribution in [1.29, 1.82) is 0 Å². The second kappa shape index (κ2) is 11.6. The minimum atomic E-state index is -0.304. The van der Waals surface area contributed by atoms with Crippen molar-refractivity contribution in [3.05, 3.63) is 81.7 Å². The number of methoxy groups -OCH3 is 2. The quantitative estimate of drug-likeness (QED) is 0.261. The number of carbonyl (C=O) groups is 2. The molecule has 0 atom stereocenters. The highest BCUT2D eigenvalue weighted by Crippen LogP contribution is 2.40. The number of carbonyl (C=O) groups excluding carboxylic acids is 2. The minimum absolute atomic E-state index is 0.205. The topological polar surface area (TPSA) is 77.1 Å². The van der Waals surface area contributed by atoms with Crippen molar-refractivity contribution in [2.45, 2.75) is 0 Å². The molecule has 2 amide bonds. The van der Waals surface area contributed by atoms with Crippen molar-refractivity contribution in [2.24, 2.45) is 0 Å². The van der Waals surface area contributed by atoms with Crippen LogP contribution in [0, 0.1) is 0 Å². The van der Waals surface area contributed by atoms with Crippen LogP contribution in [0.5, 0.6) is 17.2 Å². The predicted octanol–water partition coefficient (Wildman–Crippen LogP) is 5.89. The molecule has 4 rings (SSSR count). The second-order valence-electron chi connectivity index (χ2n) is 7.45. The van der Waals surface area contributed by atoms with Crippen LogP contribution in [0.4, 0.5) is 11.4 Å². The monoisotopic (exact) mass is 584 g/mol. The van der Waals surface area contributed by atoms with Gasteiger partial charge in [-0.3, -0.25) is 14.5 Å². The highest BCUT2D eigenvalue weighted by Gasteiger charge is 2.33. The molecule has 1 fully saturated rings. The fourth-order valence-corrected chi connectivity index (χ4v) is 5.27. The summed E-state index contributed by atoms with van der Waals surface area (Å²) < 4.78 is 17.4. The number of hydrogen-bond acceptors (Lipinski definition) is 7. The number of ether oxygens (including phenoxy) is 3. The summed E-state index contributed by atoms with van der Waals surface area (Å²) in [4.78, 5) is 27.4. The van der Waals surface area contributed by atoms with E-state index in [2.05, 4.69) is 21.2 Å². The lowest BCUT2D eigenvalue weighted by Gasteiger charge is -2.15. The van der Waals surface area contributed by atoms with Gasteiger partial charge in [-0.1, -0.05) is 42.2 Å². The number of halogens is 1. The lowest BCUT2D eigenvalue weighted by Crippen LogP contribution is -2.27. The lowest BCUT2D eigenvalue weighted by atomic mass is 10.1. The Hall–Kier alpha value is -3.34. The number of benzene rings is 3. The molecule has 1 aliphatic rings. The number of hydrogen-bond donors (Lipinski definition) is 1. The fourth-order valence-electron chi connectivity index (χ4n) is 3.39. The molecule has 0 spiro atoms. The number of thiocarbonyl (C=S) groups is 1. The van der Waals surface area contributed by atoms with Gasteiger partial charge in [-0.15, -0.1) is 0 Å². The number of rotatable bonds is 8. The van der Waals surface area contributed by atoms with Gasteiger partial charge in [0.25, 0.3) is 11.8 Å². The van der Waals surface area contributed by atoms with E-state index >= 15 is 0 Å². The molecular weight excluding hydrogens is 564 g/mol. The van der Waals surface area contributed by atoms with Gasteiger partial charge in [0.05, 0.1) is 29.3 Å².